The van der Waals surface area contributed by atoms with Crippen LogP contribution in [0.2, 0.25) is 5.02 Å². The molecule has 2 N–H and O–H groups in total. The first-order chi connectivity index (χ1) is 14.9. The average molecular weight is 473 g/mol. The smallest absolute Gasteiger partial charge is 0.308 e. The van der Waals surface area contributed by atoms with Gasteiger partial charge in [-0.2, -0.15) is 0 Å². The van der Waals surface area contributed by atoms with E-state index in [4.69, 9.17) is 11.6 Å². The van der Waals surface area contributed by atoms with E-state index in [1.54, 1.807) is 18.3 Å². The van der Waals surface area contributed by atoms with Crippen LogP contribution in [-0.4, -0.2) is 25.6 Å². The highest BCUT2D eigenvalue weighted by Gasteiger charge is 2.11. The Morgan fingerprint density at radius 1 is 1.16 bits per heavy atom. The summed E-state index contributed by atoms with van der Waals surface area (Å²) in [5, 5.41) is 14.3. The zero-order valence-corrected chi connectivity index (χ0v) is 18.9. The molecule has 1 aromatic carbocycles. The van der Waals surface area contributed by atoms with Crippen LogP contribution in [0, 0.1) is 13.8 Å². The molecule has 3 heterocycles. The first-order valence-corrected chi connectivity index (χ1v) is 11.3. The van der Waals surface area contributed by atoms with Crippen molar-refractivity contribution in [1.29, 1.82) is 0 Å². The molecule has 0 saturated carbocycles. The van der Waals surface area contributed by atoms with Gasteiger partial charge in [0.05, 0.1) is 5.69 Å². The van der Waals surface area contributed by atoms with Gasteiger partial charge >= 0.3 is 6.03 Å². The SMILES string of the molecule is Cc1ccc2nc(CSc3nnc(NC(=O)Nc4ccc(C)c(Cl)c4)s3)cc(=O)n2c1. The monoisotopic (exact) mass is 472 g/mol. The number of nitrogens with zero attached hydrogens (tertiary/aromatic N) is 4. The van der Waals surface area contributed by atoms with Crippen LogP contribution in [0.15, 0.2) is 51.7 Å². The van der Waals surface area contributed by atoms with E-state index in [1.807, 2.05) is 32.0 Å². The van der Waals surface area contributed by atoms with Crippen LogP contribution in [0.25, 0.3) is 5.65 Å². The minimum Gasteiger partial charge on any atom is -0.308 e. The van der Waals surface area contributed by atoms with Crippen molar-refractivity contribution in [2.45, 2.75) is 23.9 Å². The Kier molecular flexibility index (Phi) is 6.21. The average Bonchev–Trinajstić information content (AvgIpc) is 3.17. The third-order valence-electron chi connectivity index (χ3n) is 4.26. The highest BCUT2D eigenvalue weighted by molar-refractivity contribution is 8.00. The number of halogens is 1. The van der Waals surface area contributed by atoms with Gasteiger partial charge in [0.25, 0.3) is 5.56 Å². The van der Waals surface area contributed by atoms with E-state index in [-0.39, 0.29) is 5.56 Å². The summed E-state index contributed by atoms with van der Waals surface area (Å²) in [6.45, 7) is 3.81. The molecule has 0 aliphatic heterocycles. The van der Waals surface area contributed by atoms with Gasteiger partial charge in [-0.25, -0.2) is 9.78 Å². The van der Waals surface area contributed by atoms with E-state index >= 15 is 0 Å². The summed E-state index contributed by atoms with van der Waals surface area (Å²) in [5.41, 5.74) is 3.62. The molecule has 0 atom stereocenters. The Morgan fingerprint density at radius 2 is 2.00 bits per heavy atom. The minimum atomic E-state index is -0.438. The molecule has 158 valence electrons. The van der Waals surface area contributed by atoms with Crippen molar-refractivity contribution in [2.75, 3.05) is 10.6 Å². The molecule has 0 fully saturated rings. The van der Waals surface area contributed by atoms with Gasteiger partial charge in [-0.1, -0.05) is 46.8 Å². The molecule has 0 radical (unpaired) electrons. The van der Waals surface area contributed by atoms with Crippen molar-refractivity contribution in [3.63, 3.8) is 0 Å². The lowest BCUT2D eigenvalue weighted by molar-refractivity contribution is 0.262. The number of carbonyl (C=O) groups excluding carboxylic acids is 1. The summed E-state index contributed by atoms with van der Waals surface area (Å²) in [7, 11) is 0. The fraction of sp³-hybridized carbons (Fsp3) is 0.150. The predicted octanol–water partition coefficient (Wildman–Crippen LogP) is 4.75. The van der Waals surface area contributed by atoms with Crippen molar-refractivity contribution in [2.24, 2.45) is 0 Å². The molecule has 8 nitrogen and oxygen atoms in total. The first-order valence-electron chi connectivity index (χ1n) is 9.17. The number of fused-ring (bicyclic) bond motifs is 1. The van der Waals surface area contributed by atoms with Crippen molar-refractivity contribution >= 4 is 57.2 Å². The van der Waals surface area contributed by atoms with Crippen LogP contribution in [0.3, 0.4) is 0 Å². The third kappa shape index (κ3) is 5.22. The maximum atomic E-state index is 12.3. The van der Waals surface area contributed by atoms with Gasteiger partial charge in [-0.15, -0.1) is 10.2 Å². The Bertz CT molecular complexity index is 1340. The van der Waals surface area contributed by atoms with Crippen LogP contribution >= 0.6 is 34.7 Å². The summed E-state index contributed by atoms with van der Waals surface area (Å²) < 4.78 is 2.18. The number of rotatable bonds is 5. The number of nitrogens with one attached hydrogen (secondary N) is 2. The number of benzene rings is 1. The Morgan fingerprint density at radius 3 is 2.81 bits per heavy atom. The van der Waals surface area contributed by atoms with Crippen LogP contribution in [0.5, 0.6) is 0 Å². The number of amides is 2. The Balaban J connectivity index is 1.37. The molecule has 0 aliphatic rings. The Labute approximate surface area is 190 Å². The number of anilines is 2. The number of carbonyl (C=O) groups is 1. The molecule has 4 aromatic rings. The highest BCUT2D eigenvalue weighted by Crippen LogP contribution is 2.28. The summed E-state index contributed by atoms with van der Waals surface area (Å²) in [4.78, 5) is 29.0. The molecule has 4 rings (SSSR count). The number of aryl methyl sites for hydroxylation is 2. The van der Waals surface area contributed by atoms with Gasteiger partial charge in [-0.05, 0) is 43.2 Å². The van der Waals surface area contributed by atoms with Crippen molar-refractivity contribution in [1.82, 2.24) is 19.6 Å². The normalized spacial score (nSPS) is 10.9. The van der Waals surface area contributed by atoms with Crippen LogP contribution in [0.4, 0.5) is 15.6 Å². The number of hydrogen-bond donors (Lipinski definition) is 2. The molecule has 3 aromatic heterocycles. The predicted molar refractivity (Wildman–Crippen MR) is 124 cm³/mol. The summed E-state index contributed by atoms with van der Waals surface area (Å²) in [5.74, 6) is 0.461. The van der Waals surface area contributed by atoms with Crippen molar-refractivity contribution < 1.29 is 4.79 Å². The van der Waals surface area contributed by atoms with Gasteiger partial charge in [-0.3, -0.25) is 14.5 Å². The number of hydrogen-bond acceptors (Lipinski definition) is 7. The van der Waals surface area contributed by atoms with Gasteiger partial charge in [0.1, 0.15) is 5.65 Å². The van der Waals surface area contributed by atoms with E-state index in [2.05, 4.69) is 25.8 Å². The van der Waals surface area contributed by atoms with E-state index in [1.165, 1.54) is 33.6 Å². The fourth-order valence-corrected chi connectivity index (χ4v) is 4.54. The second kappa shape index (κ2) is 9.04. The van der Waals surface area contributed by atoms with E-state index in [0.29, 0.717) is 37.3 Å². The standard InChI is InChI=1S/C20H17ClN6O2S2/c1-11-3-6-16-22-14(8-17(28)27(16)9-11)10-30-20-26-25-19(31-20)24-18(29)23-13-5-4-12(2)15(21)7-13/h3-9H,10H2,1-2H3,(H2,23,24,25,29). The quantitative estimate of drug-likeness (QED) is 0.321. The molecule has 0 aliphatic carbocycles. The van der Waals surface area contributed by atoms with Crippen LogP contribution < -0.4 is 16.2 Å². The molecular formula is C20H17ClN6O2S2. The zero-order valence-electron chi connectivity index (χ0n) is 16.5. The van der Waals surface area contributed by atoms with Crippen molar-refractivity contribution in [3.05, 3.63) is 74.8 Å². The molecular weight excluding hydrogens is 456 g/mol. The summed E-state index contributed by atoms with van der Waals surface area (Å²) >= 11 is 8.71. The molecule has 2 amide bonds. The fourth-order valence-electron chi connectivity index (χ4n) is 2.72. The number of urea groups is 1. The lowest BCUT2D eigenvalue weighted by Gasteiger charge is -2.06. The van der Waals surface area contributed by atoms with Crippen molar-refractivity contribution in [3.8, 4) is 0 Å². The number of thioether (sulfide) groups is 1. The van der Waals surface area contributed by atoms with E-state index in [9.17, 15) is 9.59 Å². The van der Waals surface area contributed by atoms with Gasteiger partial charge < -0.3 is 5.32 Å². The van der Waals surface area contributed by atoms with Crippen LogP contribution in [0.1, 0.15) is 16.8 Å². The van der Waals surface area contributed by atoms with E-state index in [0.717, 1.165) is 11.1 Å². The molecule has 0 saturated heterocycles. The van der Waals surface area contributed by atoms with E-state index < -0.39 is 6.03 Å². The zero-order chi connectivity index (χ0) is 22.0. The molecule has 0 unspecified atom stereocenters. The van der Waals surface area contributed by atoms with Gasteiger partial charge in [0.15, 0.2) is 4.34 Å². The molecule has 31 heavy (non-hydrogen) atoms. The second-order valence-electron chi connectivity index (χ2n) is 6.73. The Hall–Kier alpha value is -2.95. The van der Waals surface area contributed by atoms with Gasteiger partial charge in [0, 0.05) is 28.7 Å². The molecule has 0 bridgehead atoms. The first kappa shape index (κ1) is 21.3. The maximum absolute atomic E-state index is 12.3. The number of pyridine rings is 1. The largest absolute Gasteiger partial charge is 0.325 e. The highest BCUT2D eigenvalue weighted by atomic mass is 35.5. The minimum absolute atomic E-state index is 0.128. The third-order valence-corrected chi connectivity index (χ3v) is 6.67. The summed E-state index contributed by atoms with van der Waals surface area (Å²) in [6, 6.07) is 10.1. The lowest BCUT2D eigenvalue weighted by Crippen LogP contribution is -2.19. The maximum Gasteiger partial charge on any atom is 0.325 e. The molecule has 0 spiro atoms. The second-order valence-corrected chi connectivity index (χ2v) is 9.33. The summed E-state index contributed by atoms with van der Waals surface area (Å²) in [6.07, 6.45) is 1.76. The lowest BCUT2D eigenvalue weighted by atomic mass is 10.2. The molecule has 11 heteroatoms. The van der Waals surface area contributed by atoms with Crippen LogP contribution in [-0.2, 0) is 5.75 Å². The topological polar surface area (TPSA) is 101 Å². The number of aromatic nitrogens is 4. The van der Waals surface area contributed by atoms with Gasteiger partial charge in [0.2, 0.25) is 5.13 Å².